The average molecular weight is 246 g/mol. The van der Waals surface area contributed by atoms with Crippen LogP contribution in [0.2, 0.25) is 0 Å². The Hall–Kier alpha value is -1.18. The highest BCUT2D eigenvalue weighted by Crippen LogP contribution is 2.19. The lowest BCUT2D eigenvalue weighted by molar-refractivity contribution is -0.214. The molecule has 0 aromatic heterocycles. The Bertz CT molecular complexity index is 281. The van der Waals surface area contributed by atoms with Gasteiger partial charge in [0.05, 0.1) is 12.1 Å². The monoisotopic (exact) mass is 246 g/mol. The molecule has 0 aliphatic carbocycles. The first-order chi connectivity index (χ1) is 7.82. The number of nitrogens with one attached hydrogen (secondary N) is 2. The summed E-state index contributed by atoms with van der Waals surface area (Å²) in [6.07, 6.45) is -2.95. The van der Waals surface area contributed by atoms with Crippen molar-refractivity contribution in [2.45, 2.75) is 51.4 Å². The van der Waals surface area contributed by atoms with Crippen molar-refractivity contribution >= 4 is 11.8 Å². The Morgan fingerprint density at radius 3 is 2.00 bits per heavy atom. The summed E-state index contributed by atoms with van der Waals surface area (Å²) in [4.78, 5) is 21.9. The second-order valence-corrected chi connectivity index (χ2v) is 4.17. The molecule has 98 valence electrons. The molecule has 0 bridgehead atoms. The molecule has 7 heteroatoms. The number of carbonyl (C=O) groups is 2. The van der Waals surface area contributed by atoms with E-state index in [1.807, 2.05) is 0 Å². The van der Waals surface area contributed by atoms with E-state index in [2.05, 4.69) is 10.6 Å². The van der Waals surface area contributed by atoms with Gasteiger partial charge in [0.15, 0.2) is 6.29 Å². The molecular weight excluding hydrogens is 228 g/mol. The number of rotatable bonds is 2. The fourth-order valence-corrected chi connectivity index (χ4v) is 1.89. The molecular formula is C10H18N2O5. The van der Waals surface area contributed by atoms with E-state index in [9.17, 15) is 19.8 Å². The van der Waals surface area contributed by atoms with Crippen molar-refractivity contribution in [2.24, 2.45) is 0 Å². The summed E-state index contributed by atoms with van der Waals surface area (Å²) in [5, 5.41) is 24.5. The lowest BCUT2D eigenvalue weighted by Crippen LogP contribution is -2.66. The summed E-state index contributed by atoms with van der Waals surface area (Å²) in [7, 11) is 0. The fraction of sp³-hybridized carbons (Fsp3) is 0.800. The van der Waals surface area contributed by atoms with Gasteiger partial charge in [0.25, 0.3) is 0 Å². The van der Waals surface area contributed by atoms with Gasteiger partial charge in [-0.05, 0) is 6.92 Å². The molecule has 0 aromatic rings. The summed E-state index contributed by atoms with van der Waals surface area (Å²) in [5.41, 5.74) is 0. The Kier molecular flexibility index (Phi) is 4.44. The minimum absolute atomic E-state index is 0.317. The normalized spacial score (nSPS) is 37.4. The van der Waals surface area contributed by atoms with E-state index in [-0.39, 0.29) is 5.91 Å². The predicted octanol–water partition coefficient (Wildman–Crippen LogP) is -1.91. The smallest absolute Gasteiger partial charge is 0.217 e. The standard InChI is InChI=1S/C10H18N2O5/c1-4-7(11-5(2)13)9(15)8(10(16)17-4)12-6(3)14/h4,7-10,15-16H,1-3H3,(H,11,13)(H,12,14)/t4-,7-,8-,9+,10-/m0/s1. The lowest BCUT2D eigenvalue weighted by Gasteiger charge is -2.42. The summed E-state index contributed by atoms with van der Waals surface area (Å²) >= 11 is 0. The molecule has 0 unspecified atom stereocenters. The van der Waals surface area contributed by atoms with Gasteiger partial charge in [-0.2, -0.15) is 0 Å². The largest absolute Gasteiger partial charge is 0.389 e. The van der Waals surface area contributed by atoms with Crippen molar-refractivity contribution in [1.82, 2.24) is 10.6 Å². The molecule has 2 amide bonds. The number of aliphatic hydroxyl groups is 2. The van der Waals surface area contributed by atoms with Gasteiger partial charge in [-0.25, -0.2) is 0 Å². The maximum Gasteiger partial charge on any atom is 0.217 e. The highest BCUT2D eigenvalue weighted by molar-refractivity contribution is 5.74. The molecule has 4 N–H and O–H groups in total. The molecule has 1 rings (SSSR count). The Morgan fingerprint density at radius 1 is 1.06 bits per heavy atom. The van der Waals surface area contributed by atoms with Crippen LogP contribution >= 0.6 is 0 Å². The van der Waals surface area contributed by atoms with Gasteiger partial charge >= 0.3 is 0 Å². The molecule has 0 spiro atoms. The van der Waals surface area contributed by atoms with Gasteiger partial charge in [-0.15, -0.1) is 0 Å². The molecule has 17 heavy (non-hydrogen) atoms. The van der Waals surface area contributed by atoms with Crippen LogP contribution in [0.3, 0.4) is 0 Å². The molecule has 5 atom stereocenters. The van der Waals surface area contributed by atoms with Crippen LogP contribution in [0.5, 0.6) is 0 Å². The van der Waals surface area contributed by atoms with E-state index in [0.717, 1.165) is 0 Å². The molecule has 0 radical (unpaired) electrons. The first-order valence-electron chi connectivity index (χ1n) is 5.38. The zero-order chi connectivity index (χ0) is 13.2. The van der Waals surface area contributed by atoms with Crippen LogP contribution in [0, 0.1) is 0 Å². The van der Waals surface area contributed by atoms with E-state index in [0.29, 0.717) is 0 Å². The number of carbonyl (C=O) groups excluding carboxylic acids is 2. The van der Waals surface area contributed by atoms with E-state index >= 15 is 0 Å². The Labute approximate surface area is 99.1 Å². The van der Waals surface area contributed by atoms with Crippen LogP contribution in [0.25, 0.3) is 0 Å². The first-order valence-corrected chi connectivity index (χ1v) is 5.38. The van der Waals surface area contributed by atoms with Crippen LogP contribution in [0.1, 0.15) is 20.8 Å². The maximum absolute atomic E-state index is 11.0. The van der Waals surface area contributed by atoms with E-state index in [4.69, 9.17) is 4.74 Å². The highest BCUT2D eigenvalue weighted by Gasteiger charge is 2.43. The van der Waals surface area contributed by atoms with Crippen LogP contribution in [-0.4, -0.2) is 52.6 Å². The Balaban J connectivity index is 2.78. The molecule has 1 heterocycles. The van der Waals surface area contributed by atoms with Gasteiger partial charge in [0, 0.05) is 13.8 Å². The SMILES string of the molecule is CC(=O)N[C@@H]1[C@@H](O)[C@H](NC(C)=O)[C@@H](O)O[C@H]1C. The van der Waals surface area contributed by atoms with Gasteiger partial charge in [0.2, 0.25) is 11.8 Å². The summed E-state index contributed by atoms with van der Waals surface area (Å²) in [6, 6.07) is -1.63. The quantitative estimate of drug-likeness (QED) is 0.455. The molecule has 0 aromatic carbocycles. The zero-order valence-corrected chi connectivity index (χ0v) is 10.0. The lowest BCUT2D eigenvalue weighted by atomic mass is 9.95. The number of aliphatic hydroxyl groups excluding tert-OH is 2. The number of amides is 2. The molecule has 1 saturated heterocycles. The topological polar surface area (TPSA) is 108 Å². The van der Waals surface area contributed by atoms with Gasteiger partial charge in [0.1, 0.15) is 12.1 Å². The van der Waals surface area contributed by atoms with Crippen molar-refractivity contribution < 1.29 is 24.5 Å². The third-order valence-corrected chi connectivity index (χ3v) is 2.64. The molecule has 7 nitrogen and oxygen atoms in total. The minimum Gasteiger partial charge on any atom is -0.389 e. The van der Waals surface area contributed by atoms with Gasteiger partial charge < -0.3 is 25.6 Å². The number of ether oxygens (including phenoxy) is 1. The molecule has 1 aliphatic heterocycles. The van der Waals surface area contributed by atoms with Gasteiger partial charge in [-0.3, -0.25) is 9.59 Å². The van der Waals surface area contributed by atoms with Crippen molar-refractivity contribution in [3.05, 3.63) is 0 Å². The summed E-state index contributed by atoms with van der Waals surface area (Å²) in [5.74, 6) is -0.713. The molecule has 0 saturated carbocycles. The Morgan fingerprint density at radius 2 is 1.53 bits per heavy atom. The van der Waals surface area contributed by atoms with Crippen molar-refractivity contribution in [3.8, 4) is 0 Å². The van der Waals surface area contributed by atoms with E-state index < -0.39 is 36.5 Å². The summed E-state index contributed by atoms with van der Waals surface area (Å²) in [6.45, 7) is 4.21. The predicted molar refractivity (Wildman–Crippen MR) is 57.8 cm³/mol. The van der Waals surface area contributed by atoms with E-state index in [1.54, 1.807) is 6.92 Å². The maximum atomic E-state index is 11.0. The third kappa shape index (κ3) is 3.39. The fourth-order valence-electron chi connectivity index (χ4n) is 1.89. The van der Waals surface area contributed by atoms with E-state index in [1.165, 1.54) is 13.8 Å². The molecule has 1 fully saturated rings. The first kappa shape index (κ1) is 13.9. The van der Waals surface area contributed by atoms with Crippen molar-refractivity contribution in [1.29, 1.82) is 0 Å². The van der Waals surface area contributed by atoms with Crippen LogP contribution in [0.4, 0.5) is 0 Å². The minimum atomic E-state index is -1.30. The second-order valence-electron chi connectivity index (χ2n) is 4.17. The van der Waals surface area contributed by atoms with Crippen LogP contribution in [0.15, 0.2) is 0 Å². The van der Waals surface area contributed by atoms with Gasteiger partial charge in [-0.1, -0.05) is 0 Å². The van der Waals surface area contributed by atoms with Crippen LogP contribution in [-0.2, 0) is 14.3 Å². The van der Waals surface area contributed by atoms with Crippen molar-refractivity contribution in [3.63, 3.8) is 0 Å². The number of hydrogen-bond donors (Lipinski definition) is 4. The average Bonchev–Trinajstić information content (AvgIpc) is 2.18. The number of hydrogen-bond acceptors (Lipinski definition) is 5. The summed E-state index contributed by atoms with van der Waals surface area (Å²) < 4.78 is 5.15. The third-order valence-electron chi connectivity index (χ3n) is 2.64. The van der Waals surface area contributed by atoms with Crippen molar-refractivity contribution in [2.75, 3.05) is 0 Å². The zero-order valence-electron chi connectivity index (χ0n) is 10.0. The second kappa shape index (κ2) is 5.44. The van der Waals surface area contributed by atoms with Crippen LogP contribution < -0.4 is 10.6 Å². The molecule has 1 aliphatic rings. The highest BCUT2D eigenvalue weighted by atomic mass is 16.6.